The smallest absolute Gasteiger partial charge is 0.168 e. The van der Waals surface area contributed by atoms with Gasteiger partial charge in [0, 0.05) is 12.0 Å². The topological polar surface area (TPSA) is 17.1 Å². The molecule has 1 aromatic rings. The number of carbonyl (C=O) groups excluding carboxylic acids is 1. The predicted octanol–water partition coefficient (Wildman–Crippen LogP) is 3.71. The number of hydrogen-bond donors (Lipinski definition) is 0. The van der Waals surface area contributed by atoms with Crippen molar-refractivity contribution in [2.45, 2.75) is 19.3 Å². The quantitative estimate of drug-likeness (QED) is 0.594. The van der Waals surface area contributed by atoms with Crippen molar-refractivity contribution in [3.05, 3.63) is 33.8 Å². The molecule has 0 atom stereocenters. The largest absolute Gasteiger partial charge is 0.294 e. The Kier molecular flexibility index (Phi) is 2.87. The van der Waals surface area contributed by atoms with Crippen molar-refractivity contribution in [1.29, 1.82) is 0 Å². The highest BCUT2D eigenvalue weighted by Crippen LogP contribution is 2.31. The molecular formula is C11H9BrF2O. The van der Waals surface area contributed by atoms with Gasteiger partial charge >= 0.3 is 0 Å². The number of rotatable bonds is 2. The van der Waals surface area contributed by atoms with E-state index in [9.17, 15) is 13.6 Å². The van der Waals surface area contributed by atoms with Crippen molar-refractivity contribution in [1.82, 2.24) is 0 Å². The molecule has 0 aromatic heterocycles. The highest BCUT2D eigenvalue weighted by atomic mass is 79.9. The van der Waals surface area contributed by atoms with Gasteiger partial charge in [0.15, 0.2) is 5.78 Å². The van der Waals surface area contributed by atoms with Crippen LogP contribution in [0.1, 0.15) is 29.6 Å². The lowest BCUT2D eigenvalue weighted by Crippen LogP contribution is -2.23. The summed E-state index contributed by atoms with van der Waals surface area (Å²) >= 11 is 2.94. The molecule has 1 fully saturated rings. The van der Waals surface area contributed by atoms with Gasteiger partial charge in [0.05, 0.1) is 10.0 Å². The highest BCUT2D eigenvalue weighted by molar-refractivity contribution is 9.10. The molecule has 15 heavy (non-hydrogen) atoms. The average Bonchev–Trinajstić information content (AvgIpc) is 2.08. The van der Waals surface area contributed by atoms with E-state index in [2.05, 4.69) is 15.9 Å². The van der Waals surface area contributed by atoms with Gasteiger partial charge in [-0.15, -0.1) is 0 Å². The minimum absolute atomic E-state index is 0.00650. The Morgan fingerprint density at radius 1 is 1.27 bits per heavy atom. The molecule has 0 heterocycles. The molecule has 2 rings (SSSR count). The molecule has 0 bridgehead atoms. The van der Waals surface area contributed by atoms with Crippen molar-refractivity contribution in [2.75, 3.05) is 0 Å². The van der Waals surface area contributed by atoms with Crippen LogP contribution in [0.5, 0.6) is 0 Å². The summed E-state index contributed by atoms with van der Waals surface area (Å²) in [4.78, 5) is 11.7. The van der Waals surface area contributed by atoms with Crippen molar-refractivity contribution in [2.24, 2.45) is 5.92 Å². The number of carbonyl (C=O) groups is 1. The lowest BCUT2D eigenvalue weighted by Gasteiger charge is -2.24. The van der Waals surface area contributed by atoms with E-state index in [4.69, 9.17) is 0 Å². The monoisotopic (exact) mass is 274 g/mol. The molecule has 0 spiro atoms. The fraction of sp³-hybridized carbons (Fsp3) is 0.364. The van der Waals surface area contributed by atoms with Gasteiger partial charge in [-0.2, -0.15) is 0 Å². The molecule has 0 saturated heterocycles. The molecule has 1 nitrogen and oxygen atoms in total. The molecule has 1 aliphatic rings. The molecule has 80 valence electrons. The van der Waals surface area contributed by atoms with Crippen LogP contribution in [0.3, 0.4) is 0 Å². The third-order valence-corrected chi connectivity index (χ3v) is 3.36. The van der Waals surface area contributed by atoms with Crippen molar-refractivity contribution in [3.63, 3.8) is 0 Å². The maximum absolute atomic E-state index is 13.3. The van der Waals surface area contributed by atoms with Crippen LogP contribution in [0, 0.1) is 17.6 Å². The summed E-state index contributed by atoms with van der Waals surface area (Å²) in [5.41, 5.74) is -0.00650. The van der Waals surface area contributed by atoms with E-state index >= 15 is 0 Å². The second-order valence-corrected chi connectivity index (χ2v) is 4.59. The summed E-state index contributed by atoms with van der Waals surface area (Å²) in [6.07, 6.45) is 2.64. The normalized spacial score (nSPS) is 16.2. The fourth-order valence-corrected chi connectivity index (χ4v) is 1.95. The number of halogens is 3. The number of ketones is 1. The van der Waals surface area contributed by atoms with E-state index in [0.29, 0.717) is 0 Å². The predicted molar refractivity (Wildman–Crippen MR) is 55.7 cm³/mol. The van der Waals surface area contributed by atoms with Gasteiger partial charge in [-0.1, -0.05) is 6.42 Å². The third kappa shape index (κ3) is 1.95. The second kappa shape index (κ2) is 4.00. The van der Waals surface area contributed by atoms with Gasteiger partial charge < -0.3 is 0 Å². The fourth-order valence-electron chi connectivity index (χ4n) is 1.60. The second-order valence-electron chi connectivity index (χ2n) is 3.74. The van der Waals surface area contributed by atoms with Crippen LogP contribution < -0.4 is 0 Å². The van der Waals surface area contributed by atoms with E-state index in [0.717, 1.165) is 25.3 Å². The van der Waals surface area contributed by atoms with E-state index in [-0.39, 0.29) is 21.7 Å². The van der Waals surface area contributed by atoms with E-state index in [1.54, 1.807) is 0 Å². The van der Waals surface area contributed by atoms with Crippen LogP contribution in [-0.4, -0.2) is 5.78 Å². The van der Waals surface area contributed by atoms with Crippen LogP contribution >= 0.6 is 15.9 Å². The van der Waals surface area contributed by atoms with E-state index in [1.165, 1.54) is 6.07 Å². The average molecular weight is 275 g/mol. The van der Waals surface area contributed by atoms with Gasteiger partial charge in [0.2, 0.25) is 0 Å². The minimum Gasteiger partial charge on any atom is -0.294 e. The first-order chi connectivity index (χ1) is 7.09. The molecule has 1 aliphatic carbocycles. The van der Waals surface area contributed by atoms with Gasteiger partial charge in [-0.05, 0) is 34.8 Å². The molecule has 0 N–H and O–H groups in total. The third-order valence-electron chi connectivity index (χ3n) is 2.75. The maximum atomic E-state index is 13.3. The molecule has 0 aliphatic heterocycles. The Morgan fingerprint density at radius 2 is 1.93 bits per heavy atom. The summed E-state index contributed by atoms with van der Waals surface area (Å²) in [6.45, 7) is 0. The summed E-state index contributed by atoms with van der Waals surface area (Å²) in [6, 6.07) is 1.97. The van der Waals surface area contributed by atoms with E-state index in [1.807, 2.05) is 0 Å². The molecule has 0 unspecified atom stereocenters. The molecular weight excluding hydrogens is 266 g/mol. The zero-order valence-electron chi connectivity index (χ0n) is 7.90. The molecule has 0 radical (unpaired) electrons. The van der Waals surface area contributed by atoms with Gasteiger partial charge in [0.25, 0.3) is 0 Å². The molecule has 1 aromatic carbocycles. The first-order valence-corrected chi connectivity index (χ1v) is 5.57. The van der Waals surface area contributed by atoms with Gasteiger partial charge in [-0.3, -0.25) is 4.79 Å². The number of benzene rings is 1. The van der Waals surface area contributed by atoms with E-state index < -0.39 is 11.6 Å². The molecule has 4 heteroatoms. The Labute approximate surface area is 94.6 Å². The standard InChI is InChI=1S/C11H9BrF2O/c12-8-4-7(9(13)5-10(8)14)11(15)6-2-1-3-6/h4-6H,1-3H2. The first kappa shape index (κ1) is 10.7. The van der Waals surface area contributed by atoms with Crippen LogP contribution in [0.25, 0.3) is 0 Å². The zero-order chi connectivity index (χ0) is 11.0. The lowest BCUT2D eigenvalue weighted by atomic mass is 9.80. The summed E-state index contributed by atoms with van der Waals surface area (Å²) in [5, 5.41) is 0. The Morgan fingerprint density at radius 3 is 2.47 bits per heavy atom. The minimum atomic E-state index is -0.771. The number of hydrogen-bond acceptors (Lipinski definition) is 1. The lowest BCUT2D eigenvalue weighted by molar-refractivity contribution is 0.0850. The van der Waals surface area contributed by atoms with Crippen molar-refractivity contribution >= 4 is 21.7 Å². The Bertz CT molecular complexity index is 413. The van der Waals surface area contributed by atoms with Crippen LogP contribution in [0.2, 0.25) is 0 Å². The zero-order valence-corrected chi connectivity index (χ0v) is 9.48. The molecule has 0 amide bonds. The first-order valence-electron chi connectivity index (χ1n) is 4.78. The van der Waals surface area contributed by atoms with Crippen LogP contribution in [0.4, 0.5) is 8.78 Å². The van der Waals surface area contributed by atoms with Gasteiger partial charge in [-0.25, -0.2) is 8.78 Å². The van der Waals surface area contributed by atoms with Crippen LogP contribution in [0.15, 0.2) is 16.6 Å². The van der Waals surface area contributed by atoms with Gasteiger partial charge in [0.1, 0.15) is 11.6 Å². The Hall–Kier alpha value is -0.770. The number of Topliss-reactive ketones (excluding diaryl/α,β-unsaturated/α-hetero) is 1. The maximum Gasteiger partial charge on any atom is 0.168 e. The summed E-state index contributed by atoms with van der Waals surface area (Å²) in [5.74, 6) is -1.73. The SMILES string of the molecule is O=C(c1cc(Br)c(F)cc1F)C1CCC1. The van der Waals surface area contributed by atoms with Crippen LogP contribution in [-0.2, 0) is 0 Å². The Balaban J connectivity index is 2.34. The van der Waals surface area contributed by atoms with Crippen molar-refractivity contribution in [3.8, 4) is 0 Å². The van der Waals surface area contributed by atoms with Crippen molar-refractivity contribution < 1.29 is 13.6 Å². The summed E-state index contributed by atoms with van der Waals surface area (Å²) < 4.78 is 26.4. The highest BCUT2D eigenvalue weighted by Gasteiger charge is 2.28. The summed E-state index contributed by atoms with van der Waals surface area (Å²) in [7, 11) is 0. The molecule has 1 saturated carbocycles.